The molecule has 1 unspecified atom stereocenters. The number of benzene rings is 1. The van der Waals surface area contributed by atoms with Gasteiger partial charge in [-0.25, -0.2) is 4.39 Å². The van der Waals surface area contributed by atoms with Crippen molar-refractivity contribution in [2.24, 2.45) is 5.92 Å². The minimum Gasteiger partial charge on any atom is -0.382 e. The van der Waals surface area contributed by atoms with Crippen LogP contribution >= 0.6 is 11.6 Å². The molecule has 3 nitrogen and oxygen atoms in total. The summed E-state index contributed by atoms with van der Waals surface area (Å²) in [5.74, 6) is 0.0906. The number of halogens is 2. The molecule has 1 aromatic carbocycles. The summed E-state index contributed by atoms with van der Waals surface area (Å²) >= 11 is 6.04. The van der Waals surface area contributed by atoms with Crippen molar-refractivity contribution in [3.05, 3.63) is 35.2 Å². The summed E-state index contributed by atoms with van der Waals surface area (Å²) < 4.78 is 19.8. The predicted molar refractivity (Wildman–Crippen MR) is 78.7 cm³/mol. The Morgan fingerprint density at radius 3 is 3.10 bits per heavy atom. The fourth-order valence-electron chi connectivity index (χ4n) is 2.51. The van der Waals surface area contributed by atoms with E-state index in [1.807, 2.05) is 0 Å². The van der Waals surface area contributed by atoms with Gasteiger partial charge >= 0.3 is 0 Å². The van der Waals surface area contributed by atoms with E-state index in [1.165, 1.54) is 6.20 Å². The molecular weight excluding hydrogens is 279 g/mol. The van der Waals surface area contributed by atoms with Crippen molar-refractivity contribution in [3.8, 4) is 0 Å². The lowest BCUT2D eigenvalue weighted by Crippen LogP contribution is -2.24. The van der Waals surface area contributed by atoms with Crippen LogP contribution in [0.1, 0.15) is 12.8 Å². The Bertz CT molecular complexity index is 614. The fourth-order valence-corrected chi connectivity index (χ4v) is 2.72. The molecule has 3 rings (SSSR count). The molecule has 1 saturated heterocycles. The van der Waals surface area contributed by atoms with E-state index in [1.54, 1.807) is 18.2 Å². The second kappa shape index (κ2) is 5.94. The van der Waals surface area contributed by atoms with Gasteiger partial charge in [-0.05, 0) is 37.0 Å². The van der Waals surface area contributed by atoms with E-state index in [0.717, 1.165) is 26.1 Å². The molecule has 1 N–H and O–H groups in total. The van der Waals surface area contributed by atoms with Crippen LogP contribution < -0.4 is 5.32 Å². The third-order valence-corrected chi connectivity index (χ3v) is 3.96. The van der Waals surface area contributed by atoms with Crippen LogP contribution in [0.3, 0.4) is 0 Å². The van der Waals surface area contributed by atoms with Gasteiger partial charge < -0.3 is 10.1 Å². The lowest BCUT2D eigenvalue weighted by molar-refractivity contribution is 0.0595. The molecule has 0 saturated carbocycles. The van der Waals surface area contributed by atoms with Crippen molar-refractivity contribution < 1.29 is 9.13 Å². The Labute approximate surface area is 122 Å². The summed E-state index contributed by atoms with van der Waals surface area (Å²) in [4.78, 5) is 4.07. The first-order valence-electron chi connectivity index (χ1n) is 6.80. The zero-order valence-electron chi connectivity index (χ0n) is 11.0. The number of fused-ring (bicyclic) bond motifs is 1. The molecule has 0 aliphatic carbocycles. The Hall–Kier alpha value is -1.39. The van der Waals surface area contributed by atoms with Crippen LogP contribution in [0.15, 0.2) is 24.4 Å². The summed E-state index contributed by atoms with van der Waals surface area (Å²) in [6, 6.07) is 5.18. The van der Waals surface area contributed by atoms with Gasteiger partial charge in [-0.3, -0.25) is 4.98 Å². The van der Waals surface area contributed by atoms with Gasteiger partial charge in [0.1, 0.15) is 5.52 Å². The zero-order chi connectivity index (χ0) is 13.9. The lowest BCUT2D eigenvalue weighted by Gasteiger charge is -2.22. The maximum atomic E-state index is 14.4. The molecule has 5 heteroatoms. The van der Waals surface area contributed by atoms with E-state index in [0.29, 0.717) is 34.1 Å². The summed E-state index contributed by atoms with van der Waals surface area (Å²) in [6.45, 7) is 2.29. The first-order valence-corrected chi connectivity index (χ1v) is 7.18. The Balaban J connectivity index is 1.79. The summed E-state index contributed by atoms with van der Waals surface area (Å²) in [5, 5.41) is 4.31. The van der Waals surface area contributed by atoms with Crippen LogP contribution in [0.5, 0.6) is 0 Å². The Morgan fingerprint density at radius 1 is 1.40 bits per heavy atom. The molecule has 0 radical (unpaired) electrons. The first-order chi connectivity index (χ1) is 9.75. The number of anilines is 1. The Kier molecular flexibility index (Phi) is 4.03. The van der Waals surface area contributed by atoms with E-state index >= 15 is 0 Å². The number of nitrogens with one attached hydrogen (secondary N) is 1. The fraction of sp³-hybridized carbons (Fsp3) is 0.400. The summed E-state index contributed by atoms with van der Waals surface area (Å²) in [6.07, 6.45) is 3.71. The van der Waals surface area contributed by atoms with Crippen molar-refractivity contribution in [2.75, 3.05) is 25.1 Å². The normalized spacial score (nSPS) is 19.2. The van der Waals surface area contributed by atoms with Gasteiger partial charge in [-0.2, -0.15) is 0 Å². The molecule has 2 heterocycles. The molecule has 0 amide bonds. The third kappa shape index (κ3) is 2.72. The van der Waals surface area contributed by atoms with Crippen LogP contribution in [0.4, 0.5) is 10.1 Å². The van der Waals surface area contributed by atoms with Crippen molar-refractivity contribution >= 4 is 28.2 Å². The SMILES string of the molecule is Fc1c(NCC2CCCOC2)ccc2c(Cl)ccnc12. The summed E-state index contributed by atoms with van der Waals surface area (Å²) in [5.41, 5.74) is 0.778. The van der Waals surface area contributed by atoms with Gasteiger partial charge in [0.25, 0.3) is 0 Å². The van der Waals surface area contributed by atoms with Gasteiger partial charge in [-0.1, -0.05) is 11.6 Å². The molecule has 20 heavy (non-hydrogen) atoms. The monoisotopic (exact) mass is 294 g/mol. The van der Waals surface area contributed by atoms with E-state index in [2.05, 4.69) is 10.3 Å². The van der Waals surface area contributed by atoms with Crippen LogP contribution in [0, 0.1) is 11.7 Å². The van der Waals surface area contributed by atoms with Gasteiger partial charge in [0, 0.05) is 24.7 Å². The standard InChI is InChI=1S/C15H16ClFN2O/c16-12-5-6-18-15-11(12)3-4-13(14(15)17)19-8-10-2-1-7-20-9-10/h3-6,10,19H,1-2,7-9H2. The van der Waals surface area contributed by atoms with Crippen molar-refractivity contribution in [3.63, 3.8) is 0 Å². The molecule has 0 spiro atoms. The minimum atomic E-state index is -0.346. The molecule has 1 aromatic heterocycles. The van der Waals surface area contributed by atoms with Gasteiger partial charge in [0.15, 0.2) is 5.82 Å². The maximum absolute atomic E-state index is 14.4. The molecule has 1 atom stereocenters. The molecular formula is C15H16ClFN2O. The largest absolute Gasteiger partial charge is 0.382 e. The van der Waals surface area contributed by atoms with Crippen LogP contribution in [0.25, 0.3) is 10.9 Å². The second-order valence-electron chi connectivity index (χ2n) is 5.08. The quantitative estimate of drug-likeness (QED) is 0.933. The van der Waals surface area contributed by atoms with E-state index in [4.69, 9.17) is 16.3 Å². The van der Waals surface area contributed by atoms with Crippen molar-refractivity contribution in [1.82, 2.24) is 4.98 Å². The molecule has 2 aromatic rings. The molecule has 1 aliphatic heterocycles. The number of hydrogen-bond donors (Lipinski definition) is 1. The van der Waals surface area contributed by atoms with Gasteiger partial charge in [0.05, 0.1) is 17.3 Å². The highest BCUT2D eigenvalue weighted by Gasteiger charge is 2.15. The number of nitrogens with zero attached hydrogens (tertiary/aromatic N) is 1. The average Bonchev–Trinajstić information content (AvgIpc) is 2.48. The number of pyridine rings is 1. The highest BCUT2D eigenvalue weighted by molar-refractivity contribution is 6.35. The van der Waals surface area contributed by atoms with Gasteiger partial charge in [-0.15, -0.1) is 0 Å². The highest BCUT2D eigenvalue weighted by atomic mass is 35.5. The number of aromatic nitrogens is 1. The van der Waals surface area contributed by atoms with Crippen LogP contribution in [-0.2, 0) is 4.74 Å². The van der Waals surface area contributed by atoms with Gasteiger partial charge in [0.2, 0.25) is 0 Å². The molecule has 1 aliphatic rings. The molecule has 1 fully saturated rings. The lowest BCUT2D eigenvalue weighted by atomic mass is 10.0. The zero-order valence-corrected chi connectivity index (χ0v) is 11.8. The molecule has 0 bridgehead atoms. The van der Waals surface area contributed by atoms with E-state index < -0.39 is 0 Å². The van der Waals surface area contributed by atoms with Crippen molar-refractivity contribution in [2.45, 2.75) is 12.8 Å². The topological polar surface area (TPSA) is 34.1 Å². The highest BCUT2D eigenvalue weighted by Crippen LogP contribution is 2.28. The third-order valence-electron chi connectivity index (χ3n) is 3.63. The van der Waals surface area contributed by atoms with E-state index in [-0.39, 0.29) is 5.82 Å². The first kappa shape index (κ1) is 13.6. The number of hydrogen-bond acceptors (Lipinski definition) is 3. The van der Waals surface area contributed by atoms with Crippen molar-refractivity contribution in [1.29, 1.82) is 0 Å². The average molecular weight is 295 g/mol. The molecule has 106 valence electrons. The van der Waals surface area contributed by atoms with Crippen LogP contribution in [0.2, 0.25) is 5.02 Å². The predicted octanol–water partition coefficient (Wildman–Crippen LogP) is 3.87. The van der Waals surface area contributed by atoms with E-state index in [9.17, 15) is 4.39 Å². The number of rotatable bonds is 3. The maximum Gasteiger partial charge on any atom is 0.172 e. The summed E-state index contributed by atoms with van der Waals surface area (Å²) in [7, 11) is 0. The number of ether oxygens (including phenoxy) is 1. The minimum absolute atomic E-state index is 0.308. The van der Waals surface area contributed by atoms with Crippen LogP contribution in [-0.4, -0.2) is 24.7 Å². The Morgan fingerprint density at radius 2 is 2.30 bits per heavy atom. The smallest absolute Gasteiger partial charge is 0.172 e. The second-order valence-corrected chi connectivity index (χ2v) is 5.49.